The molecule has 3 rings (SSSR count). The number of hydrogen-bond donors (Lipinski definition) is 1. The van der Waals surface area contributed by atoms with Gasteiger partial charge in [-0.25, -0.2) is 9.78 Å². The molecule has 1 N–H and O–H groups in total. The van der Waals surface area contributed by atoms with Crippen LogP contribution in [0.3, 0.4) is 0 Å². The summed E-state index contributed by atoms with van der Waals surface area (Å²) in [4.78, 5) is 31.1. The van der Waals surface area contributed by atoms with Crippen molar-refractivity contribution in [2.24, 2.45) is 0 Å². The standard InChI is InChI=1S/C17H15ClN2O3/c1-3-10-14-11-7-9(16(18)21)5-6-12(11)20-13(14)8-19-15(10)17(22)23-4-2/h5-8,20H,3-4H2,1-2H3. The first-order valence-electron chi connectivity index (χ1n) is 7.37. The van der Waals surface area contributed by atoms with Crippen LogP contribution in [0.1, 0.15) is 40.3 Å². The van der Waals surface area contributed by atoms with E-state index in [1.165, 1.54) is 0 Å². The van der Waals surface area contributed by atoms with Gasteiger partial charge in [-0.3, -0.25) is 4.79 Å². The van der Waals surface area contributed by atoms with Crippen molar-refractivity contribution in [1.82, 2.24) is 9.97 Å². The van der Waals surface area contributed by atoms with E-state index in [1.54, 1.807) is 31.3 Å². The fourth-order valence-electron chi connectivity index (χ4n) is 2.80. The summed E-state index contributed by atoms with van der Waals surface area (Å²) in [6.07, 6.45) is 2.23. The largest absolute Gasteiger partial charge is 0.461 e. The van der Waals surface area contributed by atoms with Gasteiger partial charge < -0.3 is 9.72 Å². The van der Waals surface area contributed by atoms with Gasteiger partial charge in [0.25, 0.3) is 5.24 Å². The molecular weight excluding hydrogens is 316 g/mol. The van der Waals surface area contributed by atoms with Crippen LogP contribution in [0.15, 0.2) is 24.4 Å². The molecule has 23 heavy (non-hydrogen) atoms. The Hall–Kier alpha value is -2.40. The molecule has 2 aromatic heterocycles. The summed E-state index contributed by atoms with van der Waals surface area (Å²) in [6.45, 7) is 4.00. The van der Waals surface area contributed by atoms with Crippen LogP contribution in [-0.4, -0.2) is 27.8 Å². The van der Waals surface area contributed by atoms with Gasteiger partial charge in [-0.05, 0) is 48.7 Å². The maximum absolute atomic E-state index is 12.1. The van der Waals surface area contributed by atoms with Gasteiger partial charge in [-0.15, -0.1) is 0 Å². The average Bonchev–Trinajstić information content (AvgIpc) is 2.91. The lowest BCUT2D eigenvalue weighted by Crippen LogP contribution is -2.10. The lowest BCUT2D eigenvalue weighted by Gasteiger charge is -2.08. The minimum absolute atomic E-state index is 0.292. The minimum Gasteiger partial charge on any atom is -0.461 e. The zero-order chi connectivity index (χ0) is 16.6. The fraction of sp³-hybridized carbons (Fsp3) is 0.235. The van der Waals surface area contributed by atoms with Crippen molar-refractivity contribution < 1.29 is 14.3 Å². The predicted molar refractivity (Wildman–Crippen MR) is 89.1 cm³/mol. The van der Waals surface area contributed by atoms with Gasteiger partial charge in [0, 0.05) is 21.9 Å². The highest BCUT2D eigenvalue weighted by molar-refractivity contribution is 6.67. The van der Waals surface area contributed by atoms with Crippen molar-refractivity contribution in [1.29, 1.82) is 0 Å². The number of nitrogens with zero attached hydrogens (tertiary/aromatic N) is 1. The molecule has 0 unspecified atom stereocenters. The van der Waals surface area contributed by atoms with Crippen molar-refractivity contribution in [3.05, 3.63) is 41.2 Å². The summed E-state index contributed by atoms with van der Waals surface area (Å²) in [6, 6.07) is 5.20. The van der Waals surface area contributed by atoms with Crippen molar-refractivity contribution in [2.75, 3.05) is 6.61 Å². The number of fused-ring (bicyclic) bond motifs is 3. The van der Waals surface area contributed by atoms with Gasteiger partial charge in [0.05, 0.1) is 18.3 Å². The van der Waals surface area contributed by atoms with E-state index in [-0.39, 0.29) is 0 Å². The summed E-state index contributed by atoms with van der Waals surface area (Å²) in [7, 11) is 0. The van der Waals surface area contributed by atoms with E-state index < -0.39 is 11.2 Å². The first-order chi connectivity index (χ1) is 11.1. The third-order valence-corrected chi connectivity index (χ3v) is 4.01. The van der Waals surface area contributed by atoms with Crippen LogP contribution in [0.4, 0.5) is 0 Å². The third-order valence-electron chi connectivity index (χ3n) is 3.79. The first kappa shape index (κ1) is 15.5. The van der Waals surface area contributed by atoms with Gasteiger partial charge in [0.15, 0.2) is 5.69 Å². The van der Waals surface area contributed by atoms with Gasteiger partial charge in [-0.2, -0.15) is 0 Å². The minimum atomic E-state index is -0.515. The number of rotatable bonds is 4. The topological polar surface area (TPSA) is 72.0 Å². The molecule has 3 aromatic rings. The fourth-order valence-corrected chi connectivity index (χ4v) is 2.92. The van der Waals surface area contributed by atoms with E-state index in [2.05, 4.69) is 9.97 Å². The second-order valence-corrected chi connectivity index (χ2v) is 5.45. The molecule has 0 spiro atoms. The molecule has 5 nitrogen and oxygen atoms in total. The number of hydrogen-bond acceptors (Lipinski definition) is 4. The Morgan fingerprint density at radius 1 is 1.26 bits per heavy atom. The Morgan fingerprint density at radius 2 is 2.04 bits per heavy atom. The molecule has 0 aliphatic heterocycles. The quantitative estimate of drug-likeness (QED) is 0.583. The molecule has 118 valence electrons. The molecule has 0 bridgehead atoms. The normalized spacial score (nSPS) is 11.1. The number of aromatic nitrogens is 2. The molecule has 0 amide bonds. The highest BCUT2D eigenvalue weighted by Gasteiger charge is 2.19. The second kappa shape index (κ2) is 6.01. The summed E-state index contributed by atoms with van der Waals surface area (Å²) in [5, 5.41) is 1.20. The number of pyridine rings is 1. The molecule has 6 heteroatoms. The maximum atomic E-state index is 12.1. The third kappa shape index (κ3) is 2.57. The number of benzene rings is 1. The smallest absolute Gasteiger partial charge is 0.357 e. The van der Waals surface area contributed by atoms with Crippen LogP contribution in [0.25, 0.3) is 21.8 Å². The van der Waals surface area contributed by atoms with Crippen molar-refractivity contribution >= 4 is 44.6 Å². The van der Waals surface area contributed by atoms with Crippen LogP contribution in [0, 0.1) is 0 Å². The average molecular weight is 331 g/mol. The van der Waals surface area contributed by atoms with Gasteiger partial charge in [0.2, 0.25) is 0 Å². The Kier molecular flexibility index (Phi) is 4.05. The van der Waals surface area contributed by atoms with Gasteiger partial charge in [-0.1, -0.05) is 6.92 Å². The zero-order valence-corrected chi connectivity index (χ0v) is 13.5. The van der Waals surface area contributed by atoms with E-state index >= 15 is 0 Å². The predicted octanol–water partition coefficient (Wildman–Crippen LogP) is 3.83. The van der Waals surface area contributed by atoms with Gasteiger partial charge >= 0.3 is 5.97 Å². The summed E-state index contributed by atoms with van der Waals surface area (Å²) in [5.74, 6) is -0.440. The molecule has 0 aliphatic carbocycles. The number of halogens is 1. The second-order valence-electron chi connectivity index (χ2n) is 5.11. The number of carbonyl (C=O) groups excluding carboxylic acids is 2. The zero-order valence-electron chi connectivity index (χ0n) is 12.8. The molecule has 0 saturated carbocycles. The van der Waals surface area contributed by atoms with E-state index in [9.17, 15) is 9.59 Å². The lowest BCUT2D eigenvalue weighted by atomic mass is 10.0. The van der Waals surface area contributed by atoms with Crippen LogP contribution in [0.2, 0.25) is 0 Å². The molecule has 2 heterocycles. The monoisotopic (exact) mass is 330 g/mol. The number of aromatic amines is 1. The van der Waals surface area contributed by atoms with Crippen LogP contribution >= 0.6 is 11.6 Å². The highest BCUT2D eigenvalue weighted by Crippen LogP contribution is 2.31. The number of ether oxygens (including phenoxy) is 1. The molecule has 0 aliphatic rings. The van der Waals surface area contributed by atoms with E-state index in [0.717, 1.165) is 27.4 Å². The molecule has 0 atom stereocenters. The molecular formula is C17H15ClN2O3. The molecule has 0 radical (unpaired) electrons. The van der Waals surface area contributed by atoms with Crippen molar-refractivity contribution in [3.63, 3.8) is 0 Å². The van der Waals surface area contributed by atoms with E-state index in [0.29, 0.717) is 24.3 Å². The SMILES string of the molecule is CCOC(=O)c1ncc2[nH]c3ccc(C(=O)Cl)cc3c2c1CC. The van der Waals surface area contributed by atoms with Crippen LogP contribution < -0.4 is 0 Å². The Bertz CT molecular complexity index is 930. The first-order valence-corrected chi connectivity index (χ1v) is 7.74. The van der Waals surface area contributed by atoms with Gasteiger partial charge in [0.1, 0.15) is 0 Å². The van der Waals surface area contributed by atoms with Crippen molar-refractivity contribution in [3.8, 4) is 0 Å². The molecule has 0 fully saturated rings. The van der Waals surface area contributed by atoms with E-state index in [1.807, 2.05) is 6.92 Å². The lowest BCUT2D eigenvalue weighted by molar-refractivity contribution is 0.0518. The highest BCUT2D eigenvalue weighted by atomic mass is 35.5. The molecule has 0 saturated heterocycles. The Morgan fingerprint density at radius 3 is 2.70 bits per heavy atom. The maximum Gasteiger partial charge on any atom is 0.357 e. The number of aryl methyl sites for hydroxylation is 1. The van der Waals surface area contributed by atoms with E-state index in [4.69, 9.17) is 16.3 Å². The molecule has 1 aromatic carbocycles. The number of H-pyrrole nitrogens is 1. The summed E-state index contributed by atoms with van der Waals surface area (Å²) < 4.78 is 5.08. The van der Waals surface area contributed by atoms with Crippen LogP contribution in [0.5, 0.6) is 0 Å². The van der Waals surface area contributed by atoms with Crippen molar-refractivity contribution in [2.45, 2.75) is 20.3 Å². The summed E-state index contributed by atoms with van der Waals surface area (Å²) in [5.41, 5.74) is 3.19. The Balaban J connectivity index is 2.35. The summed E-state index contributed by atoms with van der Waals surface area (Å²) >= 11 is 5.58. The number of nitrogens with one attached hydrogen (secondary N) is 1. The van der Waals surface area contributed by atoms with Crippen LogP contribution in [-0.2, 0) is 11.2 Å². The Labute approximate surface area is 137 Å². The number of carbonyl (C=O) groups is 2. The number of esters is 1.